The van der Waals surface area contributed by atoms with Crippen molar-refractivity contribution < 1.29 is 14.2 Å². The summed E-state index contributed by atoms with van der Waals surface area (Å²) in [5, 5.41) is 8.91. The van der Waals surface area contributed by atoms with Gasteiger partial charge >= 0.3 is 0 Å². The number of ether oxygens (including phenoxy) is 1. The molecular weight excluding hydrogens is 221 g/mol. The molecule has 96 valence electrons. The molecule has 1 rings (SSSR count). The van der Waals surface area contributed by atoms with Crippen LogP contribution < -0.4 is 10.5 Å². The molecule has 17 heavy (non-hydrogen) atoms. The van der Waals surface area contributed by atoms with E-state index in [1.54, 1.807) is 19.1 Å². The molecule has 1 atom stereocenters. The van der Waals surface area contributed by atoms with Gasteiger partial charge in [0, 0.05) is 12.1 Å². The van der Waals surface area contributed by atoms with E-state index in [2.05, 4.69) is 0 Å². The third kappa shape index (κ3) is 3.68. The lowest BCUT2D eigenvalue weighted by molar-refractivity contribution is 0.230. The minimum atomic E-state index is -0.730. The van der Waals surface area contributed by atoms with E-state index < -0.39 is 11.4 Å². The average molecular weight is 241 g/mol. The first-order valence-electron chi connectivity index (χ1n) is 5.73. The largest absolute Gasteiger partial charge is 0.488 e. The molecule has 3 N–H and O–H groups in total. The SMILES string of the molecule is CC(C)Oc1ccc(C(C)(N)CCO)cc1F. The first-order chi connectivity index (χ1) is 7.86. The van der Waals surface area contributed by atoms with E-state index in [0.717, 1.165) is 0 Å². The second-order valence-corrected chi connectivity index (χ2v) is 4.70. The van der Waals surface area contributed by atoms with Crippen molar-refractivity contribution in [3.8, 4) is 5.75 Å². The highest BCUT2D eigenvalue weighted by atomic mass is 19.1. The monoisotopic (exact) mass is 241 g/mol. The molecule has 0 aliphatic rings. The Morgan fingerprint density at radius 3 is 2.59 bits per heavy atom. The maximum absolute atomic E-state index is 13.7. The second-order valence-electron chi connectivity index (χ2n) is 4.70. The summed E-state index contributed by atoms with van der Waals surface area (Å²) in [6.07, 6.45) is 0.314. The molecule has 0 radical (unpaired) electrons. The van der Waals surface area contributed by atoms with Gasteiger partial charge in [-0.2, -0.15) is 0 Å². The molecule has 1 aromatic rings. The molecule has 0 saturated heterocycles. The van der Waals surface area contributed by atoms with E-state index in [4.69, 9.17) is 15.6 Å². The van der Waals surface area contributed by atoms with Crippen molar-refractivity contribution in [3.63, 3.8) is 0 Å². The van der Waals surface area contributed by atoms with Crippen LogP contribution in [0.25, 0.3) is 0 Å². The first-order valence-corrected chi connectivity index (χ1v) is 5.73. The average Bonchev–Trinajstić information content (AvgIpc) is 2.20. The lowest BCUT2D eigenvalue weighted by Gasteiger charge is -2.24. The lowest BCUT2D eigenvalue weighted by atomic mass is 9.90. The Kier molecular flexibility index (Phi) is 4.48. The van der Waals surface area contributed by atoms with Crippen molar-refractivity contribution in [2.24, 2.45) is 5.73 Å². The van der Waals surface area contributed by atoms with Crippen molar-refractivity contribution in [2.45, 2.75) is 38.8 Å². The van der Waals surface area contributed by atoms with Gasteiger partial charge in [-0.05, 0) is 44.9 Å². The summed E-state index contributed by atoms with van der Waals surface area (Å²) in [5.74, 6) is -0.200. The maximum Gasteiger partial charge on any atom is 0.165 e. The van der Waals surface area contributed by atoms with Crippen molar-refractivity contribution in [3.05, 3.63) is 29.6 Å². The zero-order valence-corrected chi connectivity index (χ0v) is 10.5. The van der Waals surface area contributed by atoms with Gasteiger partial charge in [0.1, 0.15) is 0 Å². The van der Waals surface area contributed by atoms with Crippen LogP contribution in [0.2, 0.25) is 0 Å². The predicted octanol–water partition coefficient (Wildman–Crippen LogP) is 2.17. The van der Waals surface area contributed by atoms with Crippen LogP contribution >= 0.6 is 0 Å². The van der Waals surface area contributed by atoms with Crippen molar-refractivity contribution in [1.82, 2.24) is 0 Å². The number of hydrogen-bond donors (Lipinski definition) is 2. The van der Waals surface area contributed by atoms with Crippen LogP contribution in [0, 0.1) is 5.82 Å². The summed E-state index contributed by atoms with van der Waals surface area (Å²) >= 11 is 0. The summed E-state index contributed by atoms with van der Waals surface area (Å²) in [7, 11) is 0. The highest BCUT2D eigenvalue weighted by molar-refractivity contribution is 5.33. The van der Waals surface area contributed by atoms with Crippen LogP contribution in [0.5, 0.6) is 5.75 Å². The molecule has 0 saturated carbocycles. The normalized spacial score (nSPS) is 14.8. The molecule has 0 aliphatic carbocycles. The summed E-state index contributed by atoms with van der Waals surface area (Å²) in [4.78, 5) is 0. The van der Waals surface area contributed by atoms with Gasteiger partial charge in [-0.3, -0.25) is 0 Å². The Labute approximate surface area is 101 Å². The minimum Gasteiger partial charge on any atom is -0.488 e. The van der Waals surface area contributed by atoms with Crippen LogP contribution in [0.15, 0.2) is 18.2 Å². The molecule has 0 aromatic heterocycles. The van der Waals surface area contributed by atoms with Crippen LogP contribution in [0.4, 0.5) is 4.39 Å². The number of nitrogens with two attached hydrogens (primary N) is 1. The molecular formula is C13H20FNO2. The van der Waals surface area contributed by atoms with Gasteiger partial charge in [-0.1, -0.05) is 6.07 Å². The number of benzene rings is 1. The molecule has 0 heterocycles. The lowest BCUT2D eigenvalue weighted by Crippen LogP contribution is -2.34. The van der Waals surface area contributed by atoms with Gasteiger partial charge in [0.2, 0.25) is 0 Å². The van der Waals surface area contributed by atoms with Crippen molar-refractivity contribution in [2.75, 3.05) is 6.61 Å². The Hall–Kier alpha value is -1.13. The van der Waals surface area contributed by atoms with E-state index in [9.17, 15) is 4.39 Å². The topological polar surface area (TPSA) is 55.5 Å². The van der Waals surface area contributed by atoms with Gasteiger partial charge in [0.25, 0.3) is 0 Å². The maximum atomic E-state index is 13.7. The molecule has 0 bridgehead atoms. The number of hydrogen-bond acceptors (Lipinski definition) is 3. The fraction of sp³-hybridized carbons (Fsp3) is 0.538. The quantitative estimate of drug-likeness (QED) is 0.830. The van der Waals surface area contributed by atoms with Crippen LogP contribution in [0.3, 0.4) is 0 Å². The zero-order chi connectivity index (χ0) is 13.1. The fourth-order valence-electron chi connectivity index (χ4n) is 1.58. The fourth-order valence-corrected chi connectivity index (χ4v) is 1.58. The van der Waals surface area contributed by atoms with Gasteiger partial charge < -0.3 is 15.6 Å². The summed E-state index contributed by atoms with van der Waals surface area (Å²) in [6, 6.07) is 4.68. The smallest absolute Gasteiger partial charge is 0.165 e. The highest BCUT2D eigenvalue weighted by Crippen LogP contribution is 2.26. The van der Waals surface area contributed by atoms with Crippen molar-refractivity contribution >= 4 is 0 Å². The van der Waals surface area contributed by atoms with E-state index >= 15 is 0 Å². The standard InChI is InChI=1S/C13H20FNO2/c1-9(2)17-12-5-4-10(8-11(12)14)13(3,15)6-7-16/h4-5,8-9,16H,6-7,15H2,1-3H3. The molecule has 0 fully saturated rings. The van der Waals surface area contributed by atoms with Gasteiger partial charge in [0.05, 0.1) is 6.10 Å². The Bertz CT molecular complexity index is 378. The Morgan fingerprint density at radius 2 is 2.12 bits per heavy atom. The summed E-state index contributed by atoms with van der Waals surface area (Å²) < 4.78 is 19.0. The third-order valence-electron chi connectivity index (χ3n) is 2.59. The Balaban J connectivity index is 2.95. The van der Waals surface area contributed by atoms with Gasteiger partial charge in [-0.25, -0.2) is 4.39 Å². The summed E-state index contributed by atoms with van der Waals surface area (Å²) in [5.41, 5.74) is 5.92. The molecule has 3 nitrogen and oxygen atoms in total. The van der Waals surface area contributed by atoms with Gasteiger partial charge in [0.15, 0.2) is 11.6 Å². The molecule has 0 spiro atoms. The van der Waals surface area contributed by atoms with E-state index in [0.29, 0.717) is 12.0 Å². The number of aliphatic hydroxyl groups excluding tert-OH is 1. The van der Waals surface area contributed by atoms with Crippen LogP contribution in [-0.2, 0) is 5.54 Å². The minimum absolute atomic E-state index is 0.0289. The van der Waals surface area contributed by atoms with Crippen LogP contribution in [0.1, 0.15) is 32.8 Å². The number of rotatable bonds is 5. The van der Waals surface area contributed by atoms with Crippen LogP contribution in [-0.4, -0.2) is 17.8 Å². The van der Waals surface area contributed by atoms with E-state index in [1.165, 1.54) is 6.07 Å². The van der Waals surface area contributed by atoms with Gasteiger partial charge in [-0.15, -0.1) is 0 Å². The molecule has 1 unspecified atom stereocenters. The highest BCUT2D eigenvalue weighted by Gasteiger charge is 2.22. The number of halogens is 1. The predicted molar refractivity (Wildman–Crippen MR) is 65.4 cm³/mol. The second kappa shape index (κ2) is 5.47. The third-order valence-corrected chi connectivity index (χ3v) is 2.59. The molecule has 0 aliphatic heterocycles. The zero-order valence-electron chi connectivity index (χ0n) is 10.5. The van der Waals surface area contributed by atoms with E-state index in [-0.39, 0.29) is 18.5 Å². The molecule has 0 amide bonds. The summed E-state index contributed by atoms with van der Waals surface area (Å²) in [6.45, 7) is 5.41. The molecule has 4 heteroatoms. The number of aliphatic hydroxyl groups is 1. The van der Waals surface area contributed by atoms with Crippen molar-refractivity contribution in [1.29, 1.82) is 0 Å². The Morgan fingerprint density at radius 1 is 1.47 bits per heavy atom. The first kappa shape index (κ1) is 13.9. The van der Waals surface area contributed by atoms with E-state index in [1.807, 2.05) is 13.8 Å². The molecule has 1 aromatic carbocycles.